The Labute approximate surface area is 196 Å². The minimum absolute atomic E-state index is 0.0891. The molecule has 4 N–H and O–H groups in total. The fourth-order valence-electron chi connectivity index (χ4n) is 3.58. The zero-order valence-electron chi connectivity index (χ0n) is 18.0. The number of aromatic carboxylic acids is 1. The summed E-state index contributed by atoms with van der Waals surface area (Å²) < 4.78 is 1.80. The van der Waals surface area contributed by atoms with Gasteiger partial charge in [0.2, 0.25) is 5.88 Å². The SMILES string of the molecule is C/C(=N\NC(=S)Nc1ccc(C(=O)O)cc1)c1c(O)n(-c2ccc(C)cc2)c2ccccc12. The summed E-state index contributed by atoms with van der Waals surface area (Å²) in [5.41, 5.74) is 7.61. The number of nitrogens with zero attached hydrogens (tertiary/aromatic N) is 2. The second-order valence-corrected chi connectivity index (χ2v) is 7.94. The number of fused-ring (bicyclic) bond motifs is 1. The van der Waals surface area contributed by atoms with Crippen molar-refractivity contribution < 1.29 is 15.0 Å². The van der Waals surface area contributed by atoms with E-state index in [2.05, 4.69) is 15.8 Å². The van der Waals surface area contributed by atoms with Crippen LogP contribution in [-0.2, 0) is 0 Å². The van der Waals surface area contributed by atoms with Gasteiger partial charge in [-0.05, 0) is 68.5 Å². The first-order valence-corrected chi connectivity index (χ1v) is 10.6. The quantitative estimate of drug-likeness (QED) is 0.190. The van der Waals surface area contributed by atoms with Crippen molar-refractivity contribution in [2.24, 2.45) is 5.10 Å². The average Bonchev–Trinajstić information content (AvgIpc) is 3.10. The lowest BCUT2D eigenvalue weighted by atomic mass is 10.1. The molecule has 0 aliphatic rings. The van der Waals surface area contributed by atoms with E-state index >= 15 is 0 Å². The molecule has 1 aromatic heterocycles. The molecule has 0 unspecified atom stereocenters. The largest absolute Gasteiger partial charge is 0.494 e. The molecule has 0 amide bonds. The first kappa shape index (κ1) is 22.0. The van der Waals surface area contributed by atoms with Gasteiger partial charge in [0.05, 0.1) is 22.4 Å². The summed E-state index contributed by atoms with van der Waals surface area (Å²) in [5.74, 6) is -0.904. The molecule has 8 heteroatoms. The van der Waals surface area contributed by atoms with E-state index in [1.807, 2.05) is 55.5 Å². The number of aromatic nitrogens is 1. The second-order valence-electron chi connectivity index (χ2n) is 7.53. The van der Waals surface area contributed by atoms with Gasteiger partial charge in [-0.1, -0.05) is 35.9 Å². The molecule has 0 atom stereocenters. The maximum atomic E-state index is 11.1. The van der Waals surface area contributed by atoms with E-state index in [4.69, 9.17) is 17.3 Å². The molecule has 4 rings (SSSR count). The Hall–Kier alpha value is -4.17. The van der Waals surface area contributed by atoms with Gasteiger partial charge in [-0.25, -0.2) is 4.79 Å². The van der Waals surface area contributed by atoms with Crippen molar-refractivity contribution in [2.75, 3.05) is 5.32 Å². The number of nitrogens with one attached hydrogen (secondary N) is 2. The Bertz CT molecular complexity index is 1370. The number of anilines is 1. The molecule has 7 nitrogen and oxygen atoms in total. The highest BCUT2D eigenvalue weighted by molar-refractivity contribution is 7.80. The van der Waals surface area contributed by atoms with Crippen LogP contribution in [0.1, 0.15) is 28.4 Å². The number of aromatic hydroxyl groups is 1. The van der Waals surface area contributed by atoms with Crippen molar-refractivity contribution in [3.8, 4) is 11.6 Å². The van der Waals surface area contributed by atoms with E-state index in [1.165, 1.54) is 12.1 Å². The zero-order chi connectivity index (χ0) is 23.5. The number of para-hydroxylation sites is 1. The van der Waals surface area contributed by atoms with E-state index in [9.17, 15) is 9.90 Å². The zero-order valence-corrected chi connectivity index (χ0v) is 18.9. The lowest BCUT2D eigenvalue weighted by Crippen LogP contribution is -2.25. The normalized spacial score (nSPS) is 11.4. The predicted molar refractivity (Wildman–Crippen MR) is 135 cm³/mol. The summed E-state index contributed by atoms with van der Waals surface area (Å²) in [7, 11) is 0. The van der Waals surface area contributed by atoms with Gasteiger partial charge in [-0.15, -0.1) is 0 Å². The fraction of sp³-hybridized carbons (Fsp3) is 0.0800. The molecule has 0 aliphatic heterocycles. The molecule has 4 aromatic rings. The van der Waals surface area contributed by atoms with Gasteiger partial charge in [0.15, 0.2) is 5.11 Å². The van der Waals surface area contributed by atoms with Gasteiger partial charge in [-0.3, -0.25) is 9.99 Å². The Morgan fingerprint density at radius 1 is 1.00 bits per heavy atom. The monoisotopic (exact) mass is 458 g/mol. The molecule has 1 heterocycles. The number of aryl methyl sites for hydroxylation is 1. The summed E-state index contributed by atoms with van der Waals surface area (Å²) in [6, 6.07) is 21.9. The minimum Gasteiger partial charge on any atom is -0.494 e. The van der Waals surface area contributed by atoms with Crippen LogP contribution in [0.4, 0.5) is 5.69 Å². The van der Waals surface area contributed by atoms with Crippen molar-refractivity contribution in [3.63, 3.8) is 0 Å². The van der Waals surface area contributed by atoms with E-state index in [-0.39, 0.29) is 16.6 Å². The Morgan fingerprint density at radius 3 is 2.33 bits per heavy atom. The molecule has 3 aromatic carbocycles. The first-order chi connectivity index (χ1) is 15.8. The number of hydrazone groups is 1. The van der Waals surface area contributed by atoms with Crippen molar-refractivity contribution in [1.82, 2.24) is 9.99 Å². The molecular formula is C25H22N4O3S. The molecule has 166 valence electrons. The molecule has 0 spiro atoms. The molecule has 0 bridgehead atoms. The molecule has 0 radical (unpaired) electrons. The molecular weight excluding hydrogens is 436 g/mol. The highest BCUT2D eigenvalue weighted by atomic mass is 32.1. The van der Waals surface area contributed by atoms with Crippen LogP contribution >= 0.6 is 12.2 Å². The van der Waals surface area contributed by atoms with Crippen LogP contribution in [0.15, 0.2) is 77.9 Å². The smallest absolute Gasteiger partial charge is 0.335 e. The Balaban J connectivity index is 1.60. The van der Waals surface area contributed by atoms with Crippen molar-refractivity contribution in [1.29, 1.82) is 0 Å². The maximum Gasteiger partial charge on any atom is 0.335 e. The lowest BCUT2D eigenvalue weighted by Gasteiger charge is -2.09. The molecule has 0 aliphatic carbocycles. The van der Waals surface area contributed by atoms with Gasteiger partial charge in [0.1, 0.15) is 0 Å². The number of carboxylic acids is 1. The number of thiocarbonyl (C=S) groups is 1. The highest BCUT2D eigenvalue weighted by Gasteiger charge is 2.19. The topological polar surface area (TPSA) is 98.9 Å². The van der Waals surface area contributed by atoms with Crippen LogP contribution in [0, 0.1) is 6.92 Å². The summed E-state index contributed by atoms with van der Waals surface area (Å²) in [4.78, 5) is 11.0. The number of benzene rings is 3. The van der Waals surface area contributed by atoms with Gasteiger partial charge < -0.3 is 15.5 Å². The van der Waals surface area contributed by atoms with Gasteiger partial charge in [0.25, 0.3) is 0 Å². The van der Waals surface area contributed by atoms with Crippen LogP contribution in [0.5, 0.6) is 5.88 Å². The maximum absolute atomic E-state index is 11.1. The van der Waals surface area contributed by atoms with Crippen LogP contribution in [-0.4, -0.2) is 31.6 Å². The molecule has 0 saturated heterocycles. The van der Waals surface area contributed by atoms with Crippen molar-refractivity contribution in [3.05, 3.63) is 89.5 Å². The Kier molecular flexibility index (Phi) is 6.10. The van der Waals surface area contributed by atoms with Gasteiger partial charge in [-0.2, -0.15) is 5.10 Å². The molecule has 0 fully saturated rings. The molecule has 33 heavy (non-hydrogen) atoms. The number of hydrogen-bond acceptors (Lipinski definition) is 4. The number of rotatable bonds is 5. The first-order valence-electron chi connectivity index (χ1n) is 10.2. The standard InChI is InChI=1S/C25H22N4O3S/c1-15-7-13-19(14-8-15)29-21-6-4-3-5-20(21)22(23(29)30)16(2)27-28-25(33)26-18-11-9-17(10-12-18)24(31)32/h3-14,30H,1-2H3,(H,31,32)(H2,26,28,33)/b27-16+. The second kappa shape index (κ2) is 9.13. The van der Waals surface area contributed by atoms with Crippen LogP contribution in [0.25, 0.3) is 16.6 Å². The highest BCUT2D eigenvalue weighted by Crippen LogP contribution is 2.34. The summed E-state index contributed by atoms with van der Waals surface area (Å²) in [6.07, 6.45) is 0. The average molecular weight is 459 g/mol. The fourth-order valence-corrected chi connectivity index (χ4v) is 3.75. The number of carboxylic acid groups (broad SMARTS) is 1. The van der Waals surface area contributed by atoms with Gasteiger partial charge >= 0.3 is 5.97 Å². The van der Waals surface area contributed by atoms with Crippen LogP contribution in [0.3, 0.4) is 0 Å². The van der Waals surface area contributed by atoms with Crippen LogP contribution < -0.4 is 10.7 Å². The number of carbonyl (C=O) groups is 1. The van der Waals surface area contributed by atoms with E-state index in [0.29, 0.717) is 17.0 Å². The molecule has 0 saturated carbocycles. The lowest BCUT2D eigenvalue weighted by molar-refractivity contribution is 0.0697. The van der Waals surface area contributed by atoms with E-state index < -0.39 is 5.97 Å². The van der Waals surface area contributed by atoms with E-state index in [1.54, 1.807) is 23.6 Å². The third-order valence-corrected chi connectivity index (χ3v) is 5.41. The van der Waals surface area contributed by atoms with Crippen molar-refractivity contribution in [2.45, 2.75) is 13.8 Å². The summed E-state index contributed by atoms with van der Waals surface area (Å²) in [6.45, 7) is 3.81. The van der Waals surface area contributed by atoms with Gasteiger partial charge in [0, 0.05) is 16.8 Å². The Morgan fingerprint density at radius 2 is 1.67 bits per heavy atom. The third-order valence-electron chi connectivity index (χ3n) is 5.22. The summed E-state index contributed by atoms with van der Waals surface area (Å²) >= 11 is 5.30. The van der Waals surface area contributed by atoms with Crippen molar-refractivity contribution >= 4 is 45.6 Å². The predicted octanol–water partition coefficient (Wildman–Crippen LogP) is 5.05. The third kappa shape index (κ3) is 4.56. The minimum atomic E-state index is -0.993. The summed E-state index contributed by atoms with van der Waals surface area (Å²) in [5, 5.41) is 28.5. The van der Waals surface area contributed by atoms with E-state index in [0.717, 1.165) is 22.2 Å². The van der Waals surface area contributed by atoms with Crippen LogP contribution in [0.2, 0.25) is 0 Å². The number of hydrogen-bond donors (Lipinski definition) is 4.